The van der Waals surface area contributed by atoms with E-state index in [1.54, 1.807) is 0 Å². The number of ether oxygens (including phenoxy) is 3. The number of nitrogens with zero attached hydrogens (tertiary/aromatic N) is 3. The van der Waals surface area contributed by atoms with Crippen LogP contribution in [0.3, 0.4) is 0 Å². The van der Waals surface area contributed by atoms with Crippen LogP contribution in [0.15, 0.2) is 24.3 Å². The van der Waals surface area contributed by atoms with E-state index in [2.05, 4.69) is 15.1 Å². The number of piperazine rings is 1. The molecule has 3 heterocycles. The fourth-order valence-electron chi connectivity index (χ4n) is 3.86. The van der Waals surface area contributed by atoms with Gasteiger partial charge in [-0.15, -0.1) is 0 Å². The molecule has 0 aliphatic carbocycles. The number of fused-ring (bicyclic) bond motifs is 1. The predicted octanol–water partition coefficient (Wildman–Crippen LogP) is -0.581. The second-order valence-electron chi connectivity index (χ2n) is 7.85. The third-order valence-electron chi connectivity index (χ3n) is 5.65. The summed E-state index contributed by atoms with van der Waals surface area (Å²) in [6, 6.07) is 7.55. The van der Waals surface area contributed by atoms with Gasteiger partial charge in [-0.25, -0.2) is 0 Å². The summed E-state index contributed by atoms with van der Waals surface area (Å²) in [5.41, 5.74) is 0. The first kappa shape index (κ1) is 20.9. The molecule has 3 aliphatic heterocycles. The molecule has 9 heteroatoms. The number of benzene rings is 1. The molecule has 0 radical (unpaired) electrons. The van der Waals surface area contributed by atoms with Gasteiger partial charge >= 0.3 is 0 Å². The standard InChI is InChI=1S/C21H30N4O5/c26-20(22-13-17-16-29-18-3-1-2-4-19(18)30-17)14-23-5-7-24(8-6-23)15-21(27)25-9-11-28-12-10-25/h1-4,17H,5-16H2,(H,22,26)/t17-/m1/s1. The molecule has 0 spiro atoms. The Labute approximate surface area is 176 Å². The maximum atomic E-state index is 12.4. The highest BCUT2D eigenvalue weighted by Gasteiger charge is 2.25. The number of carbonyl (C=O) groups is 2. The van der Waals surface area contributed by atoms with Gasteiger partial charge in [-0.3, -0.25) is 19.4 Å². The first-order valence-corrected chi connectivity index (χ1v) is 10.6. The van der Waals surface area contributed by atoms with E-state index in [0.717, 1.165) is 31.9 Å². The van der Waals surface area contributed by atoms with Crippen LogP contribution in [0.1, 0.15) is 0 Å². The molecule has 2 saturated heterocycles. The minimum atomic E-state index is -0.188. The Morgan fingerprint density at radius 1 is 0.933 bits per heavy atom. The summed E-state index contributed by atoms with van der Waals surface area (Å²) in [5, 5.41) is 2.95. The van der Waals surface area contributed by atoms with Gasteiger partial charge in [-0.2, -0.15) is 0 Å². The molecule has 0 bridgehead atoms. The molecule has 9 nitrogen and oxygen atoms in total. The van der Waals surface area contributed by atoms with E-state index in [0.29, 0.717) is 58.3 Å². The highest BCUT2D eigenvalue weighted by molar-refractivity contribution is 5.78. The van der Waals surface area contributed by atoms with Crippen LogP contribution in [0.4, 0.5) is 0 Å². The van der Waals surface area contributed by atoms with E-state index in [-0.39, 0.29) is 17.9 Å². The van der Waals surface area contributed by atoms with Gasteiger partial charge in [0.05, 0.1) is 32.8 Å². The Morgan fingerprint density at radius 3 is 2.33 bits per heavy atom. The maximum absolute atomic E-state index is 12.4. The Morgan fingerprint density at radius 2 is 1.60 bits per heavy atom. The van der Waals surface area contributed by atoms with Gasteiger partial charge in [-0.05, 0) is 12.1 Å². The summed E-state index contributed by atoms with van der Waals surface area (Å²) >= 11 is 0. The molecule has 3 aliphatic rings. The molecule has 1 atom stereocenters. The van der Waals surface area contributed by atoms with Crippen molar-refractivity contribution in [2.75, 3.05) is 78.7 Å². The quantitative estimate of drug-likeness (QED) is 0.662. The summed E-state index contributed by atoms with van der Waals surface area (Å²) in [6.07, 6.45) is -0.188. The van der Waals surface area contributed by atoms with Gasteiger partial charge < -0.3 is 24.4 Å². The summed E-state index contributed by atoms with van der Waals surface area (Å²) in [6.45, 7) is 7.39. The first-order chi connectivity index (χ1) is 14.7. The van der Waals surface area contributed by atoms with E-state index in [1.165, 1.54) is 0 Å². The monoisotopic (exact) mass is 418 g/mol. The van der Waals surface area contributed by atoms with Gasteiger partial charge in [-0.1, -0.05) is 12.1 Å². The zero-order valence-corrected chi connectivity index (χ0v) is 17.3. The van der Waals surface area contributed by atoms with Crippen LogP contribution in [0.2, 0.25) is 0 Å². The van der Waals surface area contributed by atoms with Crippen molar-refractivity contribution in [2.24, 2.45) is 0 Å². The Kier molecular flexibility index (Phi) is 7.03. The molecule has 2 amide bonds. The van der Waals surface area contributed by atoms with Crippen LogP contribution in [-0.2, 0) is 14.3 Å². The van der Waals surface area contributed by atoms with Gasteiger partial charge in [0.2, 0.25) is 11.8 Å². The SMILES string of the molecule is O=C(CN1CCN(CC(=O)N2CCOCC2)CC1)NC[C@@H]1COc2ccccc2O1. The zero-order valence-electron chi connectivity index (χ0n) is 17.3. The summed E-state index contributed by atoms with van der Waals surface area (Å²) in [7, 11) is 0. The van der Waals surface area contributed by atoms with Crippen molar-refractivity contribution in [2.45, 2.75) is 6.10 Å². The molecular weight excluding hydrogens is 388 g/mol. The molecule has 164 valence electrons. The molecule has 1 N–H and O–H groups in total. The van der Waals surface area contributed by atoms with E-state index in [1.807, 2.05) is 29.2 Å². The first-order valence-electron chi connectivity index (χ1n) is 10.6. The predicted molar refractivity (Wildman–Crippen MR) is 110 cm³/mol. The highest BCUT2D eigenvalue weighted by Crippen LogP contribution is 2.30. The highest BCUT2D eigenvalue weighted by atomic mass is 16.6. The van der Waals surface area contributed by atoms with Gasteiger partial charge in [0.25, 0.3) is 0 Å². The van der Waals surface area contributed by atoms with Crippen molar-refractivity contribution in [3.8, 4) is 11.5 Å². The number of para-hydroxylation sites is 2. The van der Waals surface area contributed by atoms with Crippen molar-refractivity contribution in [3.63, 3.8) is 0 Å². The van der Waals surface area contributed by atoms with Crippen LogP contribution in [0.25, 0.3) is 0 Å². The van der Waals surface area contributed by atoms with Crippen LogP contribution in [-0.4, -0.2) is 111 Å². The fraction of sp³-hybridized carbons (Fsp3) is 0.619. The van der Waals surface area contributed by atoms with Crippen LogP contribution in [0, 0.1) is 0 Å². The molecule has 1 aromatic rings. The van der Waals surface area contributed by atoms with Gasteiger partial charge in [0.15, 0.2) is 11.5 Å². The van der Waals surface area contributed by atoms with Crippen molar-refractivity contribution in [1.82, 2.24) is 20.0 Å². The molecule has 0 aromatic heterocycles. The Hall–Kier alpha value is -2.36. The summed E-state index contributed by atoms with van der Waals surface area (Å²) in [5.74, 6) is 1.60. The zero-order chi connectivity index (χ0) is 20.8. The number of morpholine rings is 1. The van der Waals surface area contributed by atoms with Crippen LogP contribution >= 0.6 is 0 Å². The molecule has 0 saturated carbocycles. The molecule has 30 heavy (non-hydrogen) atoms. The summed E-state index contributed by atoms with van der Waals surface area (Å²) in [4.78, 5) is 30.9. The van der Waals surface area contributed by atoms with Crippen molar-refractivity contribution >= 4 is 11.8 Å². The lowest BCUT2D eigenvalue weighted by Crippen LogP contribution is -2.53. The molecule has 2 fully saturated rings. The number of hydrogen-bond donors (Lipinski definition) is 1. The lowest BCUT2D eigenvalue weighted by atomic mass is 10.2. The number of carbonyl (C=O) groups excluding carboxylic acids is 2. The summed E-state index contributed by atoms with van der Waals surface area (Å²) < 4.78 is 16.8. The Balaban J connectivity index is 1.12. The van der Waals surface area contributed by atoms with E-state index >= 15 is 0 Å². The topological polar surface area (TPSA) is 83.6 Å². The van der Waals surface area contributed by atoms with Gasteiger partial charge in [0.1, 0.15) is 12.7 Å². The van der Waals surface area contributed by atoms with Crippen LogP contribution in [0.5, 0.6) is 11.5 Å². The van der Waals surface area contributed by atoms with Gasteiger partial charge in [0, 0.05) is 39.3 Å². The lowest BCUT2D eigenvalue weighted by Gasteiger charge is -2.35. The van der Waals surface area contributed by atoms with Crippen molar-refractivity contribution in [3.05, 3.63) is 24.3 Å². The largest absolute Gasteiger partial charge is 0.486 e. The smallest absolute Gasteiger partial charge is 0.236 e. The number of rotatable bonds is 6. The average molecular weight is 418 g/mol. The van der Waals surface area contributed by atoms with Crippen molar-refractivity contribution in [1.29, 1.82) is 0 Å². The molecular formula is C21H30N4O5. The van der Waals surface area contributed by atoms with E-state index in [9.17, 15) is 9.59 Å². The lowest BCUT2D eigenvalue weighted by molar-refractivity contribution is -0.137. The number of nitrogens with one attached hydrogen (secondary N) is 1. The van der Waals surface area contributed by atoms with Crippen LogP contribution < -0.4 is 14.8 Å². The van der Waals surface area contributed by atoms with E-state index < -0.39 is 0 Å². The molecule has 0 unspecified atom stereocenters. The minimum absolute atomic E-state index is 0.0182. The minimum Gasteiger partial charge on any atom is -0.486 e. The molecule has 1 aromatic carbocycles. The Bertz CT molecular complexity index is 732. The van der Waals surface area contributed by atoms with Crippen molar-refractivity contribution < 1.29 is 23.8 Å². The second-order valence-corrected chi connectivity index (χ2v) is 7.85. The number of hydrogen-bond acceptors (Lipinski definition) is 7. The normalized spacial score (nSPS) is 22.5. The fourth-order valence-corrected chi connectivity index (χ4v) is 3.86. The molecule has 4 rings (SSSR count). The average Bonchev–Trinajstić information content (AvgIpc) is 2.79. The second kappa shape index (κ2) is 10.1. The maximum Gasteiger partial charge on any atom is 0.236 e. The third-order valence-corrected chi connectivity index (χ3v) is 5.65. The third kappa shape index (κ3) is 5.62. The number of amides is 2. The van der Waals surface area contributed by atoms with E-state index in [4.69, 9.17) is 14.2 Å².